The summed E-state index contributed by atoms with van der Waals surface area (Å²) in [6.45, 7) is 3.31. The minimum atomic E-state index is -0.601. The Kier molecular flexibility index (Phi) is 2.88. The van der Waals surface area contributed by atoms with Gasteiger partial charge in [-0.1, -0.05) is 6.92 Å². The maximum Gasteiger partial charge on any atom is 0.213 e. The molecule has 82 valence electrons. The van der Waals surface area contributed by atoms with E-state index in [4.69, 9.17) is 14.2 Å². The van der Waals surface area contributed by atoms with Crippen molar-refractivity contribution in [2.75, 3.05) is 20.3 Å². The summed E-state index contributed by atoms with van der Waals surface area (Å²) in [4.78, 5) is 4.06. The molecule has 2 rings (SSSR count). The third-order valence-electron chi connectivity index (χ3n) is 2.60. The molecule has 0 bridgehead atoms. The van der Waals surface area contributed by atoms with Crippen molar-refractivity contribution in [3.05, 3.63) is 23.9 Å². The number of rotatable bonds is 3. The minimum Gasteiger partial charge on any atom is -0.481 e. The van der Waals surface area contributed by atoms with E-state index in [0.29, 0.717) is 19.1 Å². The first kappa shape index (κ1) is 10.4. The molecule has 1 saturated heterocycles. The highest BCUT2D eigenvalue weighted by Crippen LogP contribution is 2.35. The largest absolute Gasteiger partial charge is 0.481 e. The van der Waals surface area contributed by atoms with Crippen LogP contribution in [-0.2, 0) is 15.3 Å². The highest BCUT2D eigenvalue weighted by molar-refractivity contribution is 5.25. The Labute approximate surface area is 89.2 Å². The molecule has 0 atom stereocenters. The van der Waals surface area contributed by atoms with E-state index in [1.807, 2.05) is 19.1 Å². The summed E-state index contributed by atoms with van der Waals surface area (Å²) in [6, 6.07) is 3.76. The minimum absolute atomic E-state index is 0.583. The zero-order valence-corrected chi connectivity index (χ0v) is 9.03. The van der Waals surface area contributed by atoms with E-state index < -0.39 is 5.79 Å². The van der Waals surface area contributed by atoms with Gasteiger partial charge in [-0.15, -0.1) is 0 Å². The van der Waals surface area contributed by atoms with Crippen molar-refractivity contribution in [1.29, 1.82) is 0 Å². The summed E-state index contributed by atoms with van der Waals surface area (Å²) < 4.78 is 16.4. The summed E-state index contributed by atoms with van der Waals surface area (Å²) in [7, 11) is 1.60. The van der Waals surface area contributed by atoms with Gasteiger partial charge in [0, 0.05) is 24.2 Å². The van der Waals surface area contributed by atoms with Crippen molar-refractivity contribution in [3.63, 3.8) is 0 Å². The standard InChI is InChI=1S/C11H15NO3/c1-3-11(14-6-7-15-11)9-4-5-12-10(8-9)13-2/h4-5,8H,3,6-7H2,1-2H3. The zero-order valence-electron chi connectivity index (χ0n) is 9.03. The van der Waals surface area contributed by atoms with Gasteiger partial charge in [-0.2, -0.15) is 0 Å². The van der Waals surface area contributed by atoms with Gasteiger partial charge in [0.15, 0.2) is 5.79 Å². The number of hydrogen-bond acceptors (Lipinski definition) is 4. The van der Waals surface area contributed by atoms with Crippen molar-refractivity contribution in [2.24, 2.45) is 0 Å². The molecule has 4 heteroatoms. The molecule has 15 heavy (non-hydrogen) atoms. The van der Waals surface area contributed by atoms with Crippen LogP contribution in [-0.4, -0.2) is 25.3 Å². The number of aromatic nitrogens is 1. The highest BCUT2D eigenvalue weighted by atomic mass is 16.7. The molecule has 1 aromatic heterocycles. The molecule has 0 radical (unpaired) electrons. The monoisotopic (exact) mass is 209 g/mol. The van der Waals surface area contributed by atoms with Gasteiger partial charge < -0.3 is 14.2 Å². The molecule has 1 fully saturated rings. The molecular formula is C11H15NO3. The second-order valence-electron chi connectivity index (χ2n) is 3.39. The third-order valence-corrected chi connectivity index (χ3v) is 2.60. The fraction of sp³-hybridized carbons (Fsp3) is 0.545. The van der Waals surface area contributed by atoms with Crippen LogP contribution in [0.3, 0.4) is 0 Å². The summed E-state index contributed by atoms with van der Waals surface area (Å²) in [6.07, 6.45) is 2.48. The Morgan fingerprint density at radius 2 is 2.20 bits per heavy atom. The van der Waals surface area contributed by atoms with Crippen molar-refractivity contribution >= 4 is 0 Å². The van der Waals surface area contributed by atoms with Gasteiger partial charge in [-0.3, -0.25) is 0 Å². The molecule has 0 spiro atoms. The van der Waals surface area contributed by atoms with E-state index in [1.54, 1.807) is 13.3 Å². The summed E-state index contributed by atoms with van der Waals surface area (Å²) in [5, 5.41) is 0. The van der Waals surface area contributed by atoms with Crippen LogP contribution >= 0.6 is 0 Å². The van der Waals surface area contributed by atoms with E-state index in [1.165, 1.54) is 0 Å². The number of methoxy groups -OCH3 is 1. The first-order chi connectivity index (χ1) is 7.30. The Bertz CT molecular complexity index is 334. The number of nitrogens with zero attached hydrogens (tertiary/aromatic N) is 1. The van der Waals surface area contributed by atoms with Crippen molar-refractivity contribution in [1.82, 2.24) is 4.98 Å². The van der Waals surface area contributed by atoms with Crippen LogP contribution in [0.15, 0.2) is 18.3 Å². The molecular weight excluding hydrogens is 194 g/mol. The van der Waals surface area contributed by atoms with Gasteiger partial charge in [0.25, 0.3) is 0 Å². The van der Waals surface area contributed by atoms with Crippen LogP contribution in [0, 0.1) is 0 Å². The number of ether oxygens (including phenoxy) is 3. The first-order valence-corrected chi connectivity index (χ1v) is 5.09. The molecule has 0 aromatic carbocycles. The van der Waals surface area contributed by atoms with Gasteiger partial charge in [0.1, 0.15) is 0 Å². The summed E-state index contributed by atoms with van der Waals surface area (Å²) in [5.74, 6) is -0.0182. The summed E-state index contributed by atoms with van der Waals surface area (Å²) >= 11 is 0. The Hall–Kier alpha value is -1.13. The SMILES string of the molecule is CCC1(c2ccnc(OC)c2)OCCO1. The van der Waals surface area contributed by atoms with Gasteiger partial charge >= 0.3 is 0 Å². The third kappa shape index (κ3) is 1.82. The van der Waals surface area contributed by atoms with Gasteiger partial charge in [0.05, 0.1) is 20.3 Å². The van der Waals surface area contributed by atoms with Gasteiger partial charge in [0.2, 0.25) is 5.88 Å². The maximum absolute atomic E-state index is 5.67. The first-order valence-electron chi connectivity index (χ1n) is 5.09. The van der Waals surface area contributed by atoms with Crippen molar-refractivity contribution < 1.29 is 14.2 Å². The van der Waals surface area contributed by atoms with Crippen LogP contribution in [0.5, 0.6) is 5.88 Å². The lowest BCUT2D eigenvalue weighted by Gasteiger charge is -2.26. The number of pyridine rings is 1. The van der Waals surface area contributed by atoms with Crippen LogP contribution < -0.4 is 4.74 Å². The van der Waals surface area contributed by atoms with E-state index >= 15 is 0 Å². The smallest absolute Gasteiger partial charge is 0.213 e. The van der Waals surface area contributed by atoms with E-state index in [0.717, 1.165) is 12.0 Å². The second kappa shape index (κ2) is 4.16. The number of hydrogen-bond donors (Lipinski definition) is 0. The molecule has 2 heterocycles. The van der Waals surface area contributed by atoms with E-state index in [9.17, 15) is 0 Å². The topological polar surface area (TPSA) is 40.6 Å². The average Bonchev–Trinajstić information content (AvgIpc) is 2.79. The quantitative estimate of drug-likeness (QED) is 0.759. The lowest BCUT2D eigenvalue weighted by atomic mass is 10.0. The average molecular weight is 209 g/mol. The van der Waals surface area contributed by atoms with Crippen LogP contribution in [0.25, 0.3) is 0 Å². The molecule has 0 aliphatic carbocycles. The fourth-order valence-electron chi connectivity index (χ4n) is 1.79. The Morgan fingerprint density at radius 3 is 2.80 bits per heavy atom. The Balaban J connectivity index is 2.33. The second-order valence-corrected chi connectivity index (χ2v) is 3.39. The maximum atomic E-state index is 5.67. The molecule has 0 N–H and O–H groups in total. The molecule has 0 unspecified atom stereocenters. The van der Waals surface area contributed by atoms with Crippen LogP contribution in [0.4, 0.5) is 0 Å². The highest BCUT2D eigenvalue weighted by Gasteiger charge is 2.36. The van der Waals surface area contributed by atoms with Crippen molar-refractivity contribution in [3.8, 4) is 5.88 Å². The molecule has 1 aliphatic heterocycles. The zero-order chi connectivity index (χ0) is 10.7. The lowest BCUT2D eigenvalue weighted by Crippen LogP contribution is -2.26. The predicted molar refractivity (Wildman–Crippen MR) is 54.7 cm³/mol. The molecule has 1 aliphatic rings. The molecule has 1 aromatic rings. The normalized spacial score (nSPS) is 19.1. The molecule has 0 saturated carbocycles. The predicted octanol–water partition coefficient (Wildman–Crippen LogP) is 1.70. The summed E-state index contributed by atoms with van der Waals surface area (Å²) in [5.41, 5.74) is 0.967. The fourth-order valence-corrected chi connectivity index (χ4v) is 1.79. The van der Waals surface area contributed by atoms with E-state index in [2.05, 4.69) is 4.98 Å². The van der Waals surface area contributed by atoms with Crippen molar-refractivity contribution in [2.45, 2.75) is 19.1 Å². The van der Waals surface area contributed by atoms with Crippen LogP contribution in [0.2, 0.25) is 0 Å². The lowest BCUT2D eigenvalue weighted by molar-refractivity contribution is -0.167. The van der Waals surface area contributed by atoms with Gasteiger partial charge in [-0.25, -0.2) is 4.98 Å². The van der Waals surface area contributed by atoms with Crippen LogP contribution in [0.1, 0.15) is 18.9 Å². The molecule has 4 nitrogen and oxygen atoms in total. The van der Waals surface area contributed by atoms with E-state index in [-0.39, 0.29) is 0 Å². The van der Waals surface area contributed by atoms with Gasteiger partial charge in [-0.05, 0) is 6.07 Å². The molecule has 0 amide bonds. The Morgan fingerprint density at radius 1 is 1.47 bits per heavy atom.